The molecular weight excluding hydrogens is 254 g/mol. The van der Waals surface area contributed by atoms with Gasteiger partial charge < -0.3 is 19.9 Å². The third kappa shape index (κ3) is 2.91. The highest BCUT2D eigenvalue weighted by Crippen LogP contribution is 2.37. The Morgan fingerprint density at radius 1 is 1.20 bits per heavy atom. The molecule has 0 amide bonds. The lowest BCUT2D eigenvalue weighted by Gasteiger charge is -2.41. The fourth-order valence-electron chi connectivity index (χ4n) is 2.55. The van der Waals surface area contributed by atoms with Crippen LogP contribution in [0.2, 0.25) is 0 Å². The molecule has 4 heteroatoms. The van der Waals surface area contributed by atoms with E-state index in [4.69, 9.17) is 19.9 Å². The molecule has 0 aliphatic heterocycles. The zero-order chi connectivity index (χ0) is 14.9. The fraction of sp³-hybridized carbons (Fsp3) is 0.625. The van der Waals surface area contributed by atoms with Gasteiger partial charge in [-0.1, -0.05) is 20.8 Å². The minimum absolute atomic E-state index is 0.0156. The maximum absolute atomic E-state index is 6.12. The molecule has 20 heavy (non-hydrogen) atoms. The van der Waals surface area contributed by atoms with Crippen molar-refractivity contribution in [1.29, 1.82) is 0 Å². The van der Waals surface area contributed by atoms with Crippen LogP contribution in [-0.4, -0.2) is 32.5 Å². The summed E-state index contributed by atoms with van der Waals surface area (Å²) in [5, 5.41) is 0. The van der Waals surface area contributed by atoms with Gasteiger partial charge in [0.05, 0.1) is 7.11 Å². The van der Waals surface area contributed by atoms with Crippen molar-refractivity contribution < 1.29 is 14.2 Å². The normalized spacial score (nSPS) is 26.0. The van der Waals surface area contributed by atoms with Gasteiger partial charge in [0.2, 0.25) is 0 Å². The van der Waals surface area contributed by atoms with Crippen LogP contribution >= 0.6 is 0 Å². The Bertz CT molecular complexity index is 467. The molecule has 0 spiro atoms. The first-order valence-electron chi connectivity index (χ1n) is 7.00. The molecular formula is C16H25NO3. The fourth-order valence-corrected chi connectivity index (χ4v) is 2.55. The van der Waals surface area contributed by atoms with Crippen molar-refractivity contribution in [3.63, 3.8) is 0 Å². The van der Waals surface area contributed by atoms with Crippen molar-refractivity contribution in [2.45, 2.75) is 50.9 Å². The van der Waals surface area contributed by atoms with Gasteiger partial charge in [0.1, 0.15) is 23.7 Å². The molecule has 0 heterocycles. The smallest absolute Gasteiger partial charge is 0.128 e. The predicted octanol–water partition coefficient (Wildman–Crippen LogP) is 2.49. The van der Waals surface area contributed by atoms with Crippen LogP contribution in [0.1, 0.15) is 32.8 Å². The first-order valence-corrected chi connectivity index (χ1v) is 7.00. The molecule has 3 atom stereocenters. The zero-order valence-electron chi connectivity index (χ0n) is 13.0. The molecule has 0 saturated heterocycles. The number of hydrogen-bond acceptors (Lipinski definition) is 4. The number of hydrogen-bond donors (Lipinski definition) is 1. The molecule has 4 nitrogen and oxygen atoms in total. The van der Waals surface area contributed by atoms with Gasteiger partial charge in [-0.2, -0.15) is 0 Å². The molecule has 112 valence electrons. The van der Waals surface area contributed by atoms with Crippen molar-refractivity contribution in [3.05, 3.63) is 23.8 Å². The Morgan fingerprint density at radius 3 is 2.40 bits per heavy atom. The Labute approximate surface area is 121 Å². The average molecular weight is 279 g/mol. The van der Waals surface area contributed by atoms with E-state index in [2.05, 4.69) is 20.8 Å². The second-order valence-corrected chi connectivity index (χ2v) is 6.37. The van der Waals surface area contributed by atoms with Crippen LogP contribution < -0.4 is 15.2 Å². The SMILES string of the molecule is COc1ccc(OC2CC(N)C2OC)c(C(C)(C)C)c1. The molecule has 1 aromatic rings. The summed E-state index contributed by atoms with van der Waals surface area (Å²) in [6.45, 7) is 6.48. The zero-order valence-corrected chi connectivity index (χ0v) is 13.0. The molecule has 2 N–H and O–H groups in total. The highest BCUT2D eigenvalue weighted by atomic mass is 16.5. The van der Waals surface area contributed by atoms with Gasteiger partial charge >= 0.3 is 0 Å². The molecule has 3 unspecified atom stereocenters. The van der Waals surface area contributed by atoms with Crippen LogP contribution in [0.5, 0.6) is 11.5 Å². The second-order valence-electron chi connectivity index (χ2n) is 6.37. The molecule has 1 fully saturated rings. The highest BCUT2D eigenvalue weighted by molar-refractivity contribution is 5.44. The Balaban J connectivity index is 2.23. The minimum atomic E-state index is -0.0232. The molecule has 1 aromatic carbocycles. The van der Waals surface area contributed by atoms with Crippen LogP contribution in [0.3, 0.4) is 0 Å². The second kappa shape index (κ2) is 5.62. The van der Waals surface area contributed by atoms with E-state index in [0.717, 1.165) is 23.5 Å². The predicted molar refractivity (Wildman–Crippen MR) is 79.5 cm³/mol. The summed E-state index contributed by atoms with van der Waals surface area (Å²) in [4.78, 5) is 0. The van der Waals surface area contributed by atoms with Crippen LogP contribution in [0.25, 0.3) is 0 Å². The van der Waals surface area contributed by atoms with Crippen molar-refractivity contribution in [2.24, 2.45) is 5.73 Å². The van der Waals surface area contributed by atoms with Crippen LogP contribution in [-0.2, 0) is 10.2 Å². The van der Waals surface area contributed by atoms with E-state index >= 15 is 0 Å². The number of methoxy groups -OCH3 is 2. The maximum atomic E-state index is 6.12. The summed E-state index contributed by atoms with van der Waals surface area (Å²) in [5.74, 6) is 1.73. The number of rotatable bonds is 4. The van der Waals surface area contributed by atoms with E-state index in [1.807, 2.05) is 18.2 Å². The van der Waals surface area contributed by atoms with Crippen LogP contribution in [0, 0.1) is 0 Å². The van der Waals surface area contributed by atoms with E-state index in [-0.39, 0.29) is 23.7 Å². The van der Waals surface area contributed by atoms with E-state index < -0.39 is 0 Å². The minimum Gasteiger partial charge on any atom is -0.497 e. The summed E-state index contributed by atoms with van der Waals surface area (Å²) in [7, 11) is 3.35. The number of ether oxygens (including phenoxy) is 3. The molecule has 0 bridgehead atoms. The van der Waals surface area contributed by atoms with Gasteiger partial charge in [0.15, 0.2) is 0 Å². The lowest BCUT2D eigenvalue weighted by Crippen LogP contribution is -2.59. The van der Waals surface area contributed by atoms with Crippen molar-refractivity contribution in [1.82, 2.24) is 0 Å². The van der Waals surface area contributed by atoms with Gasteiger partial charge in [-0.25, -0.2) is 0 Å². The maximum Gasteiger partial charge on any atom is 0.128 e. The molecule has 2 rings (SSSR count). The summed E-state index contributed by atoms with van der Waals surface area (Å²) < 4.78 is 16.8. The summed E-state index contributed by atoms with van der Waals surface area (Å²) in [6.07, 6.45) is 0.836. The molecule has 1 aliphatic rings. The number of nitrogens with two attached hydrogens (primary N) is 1. The molecule has 0 radical (unpaired) electrons. The van der Waals surface area contributed by atoms with Crippen molar-refractivity contribution in [2.75, 3.05) is 14.2 Å². The summed E-state index contributed by atoms with van der Waals surface area (Å²) in [5.41, 5.74) is 7.04. The topological polar surface area (TPSA) is 53.7 Å². The van der Waals surface area contributed by atoms with Crippen LogP contribution in [0.15, 0.2) is 18.2 Å². The lowest BCUT2D eigenvalue weighted by molar-refractivity contribution is -0.0787. The van der Waals surface area contributed by atoms with Gasteiger partial charge in [0.25, 0.3) is 0 Å². The van der Waals surface area contributed by atoms with Gasteiger partial charge in [0, 0.05) is 25.1 Å². The van der Waals surface area contributed by atoms with Crippen LogP contribution in [0.4, 0.5) is 0 Å². The first kappa shape index (κ1) is 15.1. The Kier molecular flexibility index (Phi) is 4.25. The van der Waals surface area contributed by atoms with Gasteiger partial charge in [-0.15, -0.1) is 0 Å². The van der Waals surface area contributed by atoms with E-state index in [0.29, 0.717) is 0 Å². The van der Waals surface area contributed by atoms with Crippen molar-refractivity contribution >= 4 is 0 Å². The standard InChI is InChI=1S/C16H25NO3/c1-16(2,3)11-8-10(18-4)6-7-13(11)20-14-9-12(17)15(14)19-5/h6-8,12,14-15H,9,17H2,1-5H3. The van der Waals surface area contributed by atoms with Gasteiger partial charge in [-0.05, 0) is 23.6 Å². The summed E-state index contributed by atoms with van der Waals surface area (Å²) in [6, 6.07) is 6.00. The monoisotopic (exact) mass is 279 g/mol. The Hall–Kier alpha value is -1.26. The van der Waals surface area contributed by atoms with E-state index in [1.165, 1.54) is 0 Å². The molecule has 0 aromatic heterocycles. The Morgan fingerprint density at radius 2 is 1.90 bits per heavy atom. The molecule has 1 saturated carbocycles. The van der Waals surface area contributed by atoms with Crippen molar-refractivity contribution in [3.8, 4) is 11.5 Å². The third-order valence-electron chi connectivity index (χ3n) is 3.84. The average Bonchev–Trinajstić information content (AvgIpc) is 2.37. The van der Waals surface area contributed by atoms with E-state index in [9.17, 15) is 0 Å². The van der Waals surface area contributed by atoms with E-state index in [1.54, 1.807) is 14.2 Å². The molecule has 1 aliphatic carbocycles. The number of benzene rings is 1. The largest absolute Gasteiger partial charge is 0.497 e. The highest BCUT2D eigenvalue weighted by Gasteiger charge is 2.41. The quantitative estimate of drug-likeness (QED) is 0.920. The third-order valence-corrected chi connectivity index (χ3v) is 3.84. The summed E-state index contributed by atoms with van der Waals surface area (Å²) >= 11 is 0. The first-order chi connectivity index (χ1) is 9.36. The van der Waals surface area contributed by atoms with Gasteiger partial charge in [-0.3, -0.25) is 0 Å². The lowest BCUT2D eigenvalue weighted by atomic mass is 9.84.